The van der Waals surface area contributed by atoms with Gasteiger partial charge in [-0.2, -0.15) is 0 Å². The Hall–Kier alpha value is -3.29. The molecule has 261 valence electrons. The molecule has 0 aliphatic carbocycles. The Morgan fingerprint density at radius 2 is 0.887 bits per heavy atom. The van der Waals surface area contributed by atoms with Gasteiger partial charge in [-0.3, -0.25) is 9.98 Å². The third-order valence-corrected chi connectivity index (χ3v) is 7.61. The van der Waals surface area contributed by atoms with E-state index in [2.05, 4.69) is 12.1 Å². The minimum Gasteiger partial charge on any atom is -0.748 e. The summed E-state index contributed by atoms with van der Waals surface area (Å²) < 4.78 is 52.6. The molecule has 2 unspecified atom stereocenters. The number of aromatic nitrogens is 1. The van der Waals surface area contributed by atoms with Crippen LogP contribution in [-0.2, 0) is 37.8 Å². The van der Waals surface area contributed by atoms with Gasteiger partial charge in [-0.25, -0.2) is 18.4 Å². The summed E-state index contributed by atoms with van der Waals surface area (Å²) >= 11 is 0. The van der Waals surface area contributed by atoms with Crippen LogP contribution in [0.2, 0.25) is 0 Å². The Bertz CT molecular complexity index is 2520. The van der Waals surface area contributed by atoms with Crippen molar-refractivity contribution in [2.45, 2.75) is 12.3 Å². The van der Waals surface area contributed by atoms with E-state index in [0.717, 1.165) is 44.2 Å². The van der Waals surface area contributed by atoms with Crippen molar-refractivity contribution in [2.75, 3.05) is 6.26 Å². The molecule has 0 amide bonds. The monoisotopic (exact) mass is 813 g/mol. The Morgan fingerprint density at radius 1 is 0.585 bits per heavy atom. The molecule has 19 heteroatoms. The van der Waals surface area contributed by atoms with Crippen LogP contribution in [-0.4, -0.2) is 55.2 Å². The third-order valence-electron chi connectivity index (χ3n) is 7.61. The van der Waals surface area contributed by atoms with Crippen LogP contribution in [0.1, 0.15) is 45.7 Å². The smallest absolute Gasteiger partial charge is 0.748 e. The number of nitrogens with zero attached hydrogens (tertiary/aromatic N) is 8. The Morgan fingerprint density at radius 3 is 1.25 bits per heavy atom. The van der Waals surface area contributed by atoms with Crippen LogP contribution >= 0.6 is 0 Å². The molecule has 0 fully saturated rings. The molecular weight excluding hydrogens is 790 g/mol. The van der Waals surface area contributed by atoms with Crippen molar-refractivity contribution in [3.05, 3.63) is 154 Å². The second-order valence-corrected chi connectivity index (χ2v) is 12.6. The van der Waals surface area contributed by atoms with Gasteiger partial charge >= 0.3 is 86.8 Å². The maximum absolute atomic E-state index is 9.08. The minimum atomic E-state index is -3.92. The van der Waals surface area contributed by atoms with E-state index >= 15 is 0 Å². The summed E-state index contributed by atoms with van der Waals surface area (Å²) in [4.78, 5) is 34.7. The van der Waals surface area contributed by atoms with Crippen LogP contribution < -0.4 is 75.1 Å². The van der Waals surface area contributed by atoms with Crippen molar-refractivity contribution in [2.24, 2.45) is 30.0 Å². The van der Waals surface area contributed by atoms with E-state index in [4.69, 9.17) is 65.9 Å². The second-order valence-electron chi connectivity index (χ2n) is 10.8. The first-order chi connectivity index (χ1) is 23.5. The number of hydrogen-bond donors (Lipinski definition) is 0. The number of rotatable bonds is 0. The SMILES string of the molecule is CS(=O)(=O)[O-].O=S(=O)=O.[CH3-].[Cu+2].[Na+].[Na+].c1ccc2c(c1)C1=NC2=NC2[N-]C(N=C3N=C(N=c4[n-]c(c5ccccc45)=N1)c1ccccc13)c1ccccc12. The molecule has 1 aromatic heterocycles. The summed E-state index contributed by atoms with van der Waals surface area (Å²) in [5.74, 6) is 2.35. The molecule has 14 nitrogen and oxygen atoms in total. The van der Waals surface area contributed by atoms with E-state index < -0.39 is 33.1 Å². The molecule has 0 saturated heterocycles. The molecule has 0 spiro atoms. The van der Waals surface area contributed by atoms with Gasteiger partial charge in [-0.15, -0.1) is 12.6 Å². The van der Waals surface area contributed by atoms with Gasteiger partial charge in [0.2, 0.25) is 0 Å². The summed E-state index contributed by atoms with van der Waals surface area (Å²) in [5, 5.41) is 6.84. The molecule has 4 aromatic carbocycles. The molecule has 9 rings (SSSR count). The van der Waals surface area contributed by atoms with Crippen LogP contribution in [0.3, 0.4) is 0 Å². The molecule has 2 atom stereocenters. The number of amidine groups is 4. The molecule has 4 aliphatic rings. The average Bonchev–Trinajstić information content (AvgIpc) is 3.79. The Balaban J connectivity index is 0.000000528. The van der Waals surface area contributed by atoms with E-state index in [1.165, 1.54) is 0 Å². The van der Waals surface area contributed by atoms with Crippen molar-refractivity contribution in [1.82, 2.24) is 4.98 Å². The summed E-state index contributed by atoms with van der Waals surface area (Å²) in [6.45, 7) is 0. The standard InChI is InChI=1S/C32H18N8.CH4O3S.CH3.Cu.2Na.O3S/c1-2-10-18-17(9-1)25-33-26(18)38-28-21-13-5-6-14-22(21)30(35-28)40-32-24-16-8-7-15-23(24)31(36-32)39-29-20-12-4-3-11-19(20)27(34-29)37-25;1-5(2,3)4;;;;;1-4(2)3/h1-16,25-26H;1H3,(H,2,3,4);1H3;;;;/q-2;;-1;+2;2*+1;/p-1. The molecule has 1 radical (unpaired) electrons. The van der Waals surface area contributed by atoms with E-state index in [0.29, 0.717) is 40.6 Å². The first kappa shape index (κ1) is 44.1. The van der Waals surface area contributed by atoms with Gasteiger partial charge in [0.15, 0.2) is 11.7 Å². The van der Waals surface area contributed by atoms with Gasteiger partial charge in [0.05, 0.1) is 21.8 Å². The Kier molecular flexibility index (Phi) is 15.3. The first-order valence-corrected chi connectivity index (χ1v) is 17.3. The molecule has 0 N–H and O–H groups in total. The normalized spacial score (nSPS) is 16.6. The molecule has 53 heavy (non-hydrogen) atoms. The van der Waals surface area contributed by atoms with Crippen LogP contribution in [0, 0.1) is 7.43 Å². The molecule has 0 saturated carbocycles. The van der Waals surface area contributed by atoms with Gasteiger partial charge in [0, 0.05) is 39.5 Å². The zero-order valence-electron chi connectivity index (χ0n) is 28.5. The van der Waals surface area contributed by atoms with Crippen LogP contribution in [0.5, 0.6) is 0 Å². The molecule has 5 heterocycles. The molecule has 8 bridgehead atoms. The third kappa shape index (κ3) is 9.69. The fourth-order valence-electron chi connectivity index (χ4n) is 5.73. The molecule has 4 aliphatic heterocycles. The summed E-state index contributed by atoms with van der Waals surface area (Å²) in [6.07, 6.45) is -0.287. The van der Waals surface area contributed by atoms with E-state index in [-0.39, 0.29) is 83.6 Å². The first-order valence-electron chi connectivity index (χ1n) is 14.5. The molecule has 5 aromatic rings. The fourth-order valence-corrected chi connectivity index (χ4v) is 5.73. The van der Waals surface area contributed by atoms with Gasteiger partial charge in [0.1, 0.15) is 0 Å². The van der Waals surface area contributed by atoms with Crippen LogP contribution in [0.25, 0.3) is 16.1 Å². The zero-order chi connectivity index (χ0) is 34.3. The van der Waals surface area contributed by atoms with E-state index in [9.17, 15) is 0 Å². The van der Waals surface area contributed by atoms with Crippen molar-refractivity contribution in [3.8, 4) is 0 Å². The van der Waals surface area contributed by atoms with Gasteiger partial charge in [-0.05, 0) is 34.2 Å². The van der Waals surface area contributed by atoms with Crippen molar-refractivity contribution in [1.29, 1.82) is 0 Å². The van der Waals surface area contributed by atoms with E-state index in [1.54, 1.807) is 0 Å². The predicted octanol–water partition coefficient (Wildman–Crippen LogP) is -2.84. The summed E-state index contributed by atoms with van der Waals surface area (Å²) in [7, 11) is -7.03. The number of fused-ring (bicyclic) bond motifs is 18. The quantitative estimate of drug-likeness (QED) is 0.0908. The largest absolute Gasteiger partial charge is 2.00 e. The van der Waals surface area contributed by atoms with Crippen molar-refractivity contribution >= 4 is 54.8 Å². The maximum Gasteiger partial charge on any atom is 2.00 e. The van der Waals surface area contributed by atoms with E-state index in [1.807, 2.05) is 84.9 Å². The fraction of sp³-hybridized carbons (Fsp3) is 0.0882. The topological polar surface area (TPSA) is 211 Å². The van der Waals surface area contributed by atoms with Gasteiger partial charge in [0.25, 0.3) is 0 Å². The maximum atomic E-state index is 9.08. The van der Waals surface area contributed by atoms with Crippen LogP contribution in [0.15, 0.2) is 127 Å². The van der Waals surface area contributed by atoms with Gasteiger partial charge in [-0.1, -0.05) is 97.1 Å². The number of benzene rings is 4. The summed E-state index contributed by atoms with van der Waals surface area (Å²) in [5.41, 5.74) is 6.83. The Labute approximate surface area is 360 Å². The minimum absolute atomic E-state index is 0. The van der Waals surface area contributed by atoms with Gasteiger partial charge < -0.3 is 32.3 Å². The number of hydrogen-bond acceptors (Lipinski definition) is 12. The zero-order valence-corrected chi connectivity index (χ0v) is 35.1. The summed E-state index contributed by atoms with van der Waals surface area (Å²) in [6, 6.07) is 32.2. The van der Waals surface area contributed by atoms with Crippen LogP contribution in [0.4, 0.5) is 0 Å². The van der Waals surface area contributed by atoms with Crippen molar-refractivity contribution in [3.63, 3.8) is 0 Å². The predicted molar refractivity (Wildman–Crippen MR) is 186 cm³/mol. The second kappa shape index (κ2) is 18.4. The average molecular weight is 814 g/mol. The number of aliphatic imine (C=N–C) groups is 4. The van der Waals surface area contributed by atoms with Crippen molar-refractivity contribution < 1.29 is 102 Å². The molecular formula is C34H24CuN8Na2O6S2.